The van der Waals surface area contributed by atoms with Crippen molar-refractivity contribution >= 4 is 47.9 Å². The molecule has 8 heteroatoms. The molecule has 0 saturated carbocycles. The van der Waals surface area contributed by atoms with E-state index in [2.05, 4.69) is 77.4 Å². The van der Waals surface area contributed by atoms with E-state index in [0.29, 0.717) is 11.7 Å². The van der Waals surface area contributed by atoms with Crippen LogP contribution in [0.1, 0.15) is 120 Å². The van der Waals surface area contributed by atoms with Gasteiger partial charge in [0.05, 0.1) is 6.54 Å². The Morgan fingerprint density at radius 3 is 1.39 bits per heavy atom. The first kappa shape index (κ1) is 49.5. The standard InChI is InChI=1S/C11H22OS.C8H15ClO.C6H15N.C2H7NS.CH4.ClH/c1-3-5-7-10(4-2)11(12)8-6-9-13;1-3-5-6-7(4-2)8(9)10;1-4-7(5-2)6-3;3-1-2-4;;/h10,13H,3-9H2,1-2H3;7H,3-6H2,1-2H3;4-6H2,1-3H3;4H,1-3H2;1H4;1H. The molecule has 0 rings (SSSR count). The van der Waals surface area contributed by atoms with E-state index in [4.69, 9.17) is 11.6 Å². The molecule has 0 aromatic carbocycles. The molecule has 4 nitrogen and oxygen atoms in total. The third kappa shape index (κ3) is 39.1. The van der Waals surface area contributed by atoms with E-state index in [-0.39, 0.29) is 31.0 Å². The predicted molar refractivity (Wildman–Crippen MR) is 167 cm³/mol. The largest absolute Gasteiger partial charge is 1.00 e. The molecule has 2 unspecified atom stereocenters. The van der Waals surface area contributed by atoms with Gasteiger partial charge in [-0.3, -0.25) is 9.59 Å². The van der Waals surface area contributed by atoms with Crippen LogP contribution in [-0.4, -0.2) is 53.6 Å². The maximum atomic E-state index is 11.6. The number of carbonyl (C=O) groups excluding carboxylic acids is 2. The van der Waals surface area contributed by atoms with Crippen molar-refractivity contribution in [3.63, 3.8) is 0 Å². The lowest BCUT2D eigenvalue weighted by molar-refractivity contribution is -0.360. The normalized spacial score (nSPS) is 11.1. The summed E-state index contributed by atoms with van der Waals surface area (Å²) in [5.74, 6) is 2.60. The topological polar surface area (TPSA) is 65.0 Å². The number of quaternary nitrogens is 1. The number of halogens is 2. The number of hydrogen-bond acceptors (Lipinski definition) is 5. The van der Waals surface area contributed by atoms with Gasteiger partial charge in [-0.25, -0.2) is 0 Å². The molecule has 0 amide bonds. The molecule has 0 saturated heterocycles. The summed E-state index contributed by atoms with van der Waals surface area (Å²) in [5.41, 5.74) is 3.53. The molecule has 0 fully saturated rings. The van der Waals surface area contributed by atoms with Gasteiger partial charge in [0.2, 0.25) is 5.24 Å². The molecule has 0 radical (unpaired) electrons. The summed E-state index contributed by atoms with van der Waals surface area (Å²) >= 11 is 13.3. The second-order valence-corrected chi connectivity index (χ2v) is 9.56. The average molecular weight is 596 g/mol. The molecule has 0 aliphatic heterocycles. The van der Waals surface area contributed by atoms with Gasteiger partial charge >= 0.3 is 0 Å². The van der Waals surface area contributed by atoms with E-state index in [1.807, 2.05) is 6.92 Å². The van der Waals surface area contributed by atoms with Crippen LogP contribution in [0.25, 0.3) is 0 Å². The lowest BCUT2D eigenvalue weighted by Gasteiger charge is -2.13. The summed E-state index contributed by atoms with van der Waals surface area (Å²) in [6.45, 7) is 19.5. The molecule has 0 bridgehead atoms. The number of rotatable bonds is 17. The second-order valence-electron chi connectivity index (χ2n) is 8.29. The summed E-state index contributed by atoms with van der Waals surface area (Å²) in [5, 5.41) is -0.170. The van der Waals surface area contributed by atoms with Crippen LogP contribution < -0.4 is 18.1 Å². The van der Waals surface area contributed by atoms with Crippen LogP contribution in [0, 0.1) is 11.8 Å². The molecule has 0 aromatic rings. The summed E-state index contributed by atoms with van der Waals surface area (Å²) in [7, 11) is 0. The molecule has 0 spiro atoms. The van der Waals surface area contributed by atoms with E-state index in [9.17, 15) is 9.59 Å². The Morgan fingerprint density at radius 2 is 1.17 bits per heavy atom. The molecule has 3 N–H and O–H groups in total. The minimum Gasteiger partial charge on any atom is -1.00 e. The molecular weight excluding hydrogens is 531 g/mol. The van der Waals surface area contributed by atoms with Crippen molar-refractivity contribution in [1.82, 2.24) is 4.90 Å². The third-order valence-corrected chi connectivity index (χ3v) is 6.60. The zero-order valence-corrected chi connectivity index (χ0v) is 27.4. The van der Waals surface area contributed by atoms with Crippen LogP contribution in [-0.2, 0) is 9.59 Å². The third-order valence-electron chi connectivity index (χ3n) is 5.66. The Morgan fingerprint density at radius 1 is 0.778 bits per heavy atom. The van der Waals surface area contributed by atoms with Crippen LogP contribution in [0.2, 0.25) is 0 Å². The highest BCUT2D eigenvalue weighted by Crippen LogP contribution is 2.16. The molecular formula is C28H64Cl2N2O2S2. The lowest BCUT2D eigenvalue weighted by Crippen LogP contribution is -3.00. The van der Waals surface area contributed by atoms with E-state index in [1.54, 1.807) is 0 Å². The molecule has 224 valence electrons. The minimum atomic E-state index is -0.170. The summed E-state index contributed by atoms with van der Waals surface area (Å²) in [6, 6.07) is 0. The highest BCUT2D eigenvalue weighted by Gasteiger charge is 2.14. The first-order valence-corrected chi connectivity index (χ1v) is 15.3. The van der Waals surface area contributed by atoms with E-state index >= 15 is 0 Å². The van der Waals surface area contributed by atoms with Gasteiger partial charge in [-0.15, -0.1) is 0 Å². The maximum absolute atomic E-state index is 11.6. The van der Waals surface area contributed by atoms with Gasteiger partial charge in [0, 0.05) is 24.0 Å². The molecule has 0 aromatic heterocycles. The molecule has 0 aliphatic carbocycles. The van der Waals surface area contributed by atoms with Crippen molar-refractivity contribution in [3.05, 3.63) is 0 Å². The summed E-state index contributed by atoms with van der Waals surface area (Å²) in [6.07, 6.45) is 10.2. The zero-order chi connectivity index (χ0) is 27.2. The predicted octanol–water partition coefficient (Wildman–Crippen LogP) is 4.60. The van der Waals surface area contributed by atoms with Gasteiger partial charge in [0.15, 0.2) is 0 Å². The van der Waals surface area contributed by atoms with Crippen LogP contribution in [0.4, 0.5) is 0 Å². The first-order chi connectivity index (χ1) is 16.2. The number of hydrogen-bond donors (Lipinski definition) is 3. The Kier molecular flexibility index (Phi) is 58.6. The number of carbonyl (C=O) groups is 2. The lowest BCUT2D eigenvalue weighted by atomic mass is 9.92. The first-order valence-electron chi connectivity index (χ1n) is 13.7. The average Bonchev–Trinajstić information content (AvgIpc) is 2.85. The van der Waals surface area contributed by atoms with Crippen molar-refractivity contribution in [2.24, 2.45) is 11.8 Å². The Bertz CT molecular complexity index is 410. The second kappa shape index (κ2) is 42.6. The fourth-order valence-corrected chi connectivity index (χ4v) is 3.52. The van der Waals surface area contributed by atoms with Crippen molar-refractivity contribution in [1.29, 1.82) is 0 Å². The highest BCUT2D eigenvalue weighted by atomic mass is 35.5. The minimum absolute atomic E-state index is 0. The number of thiol groups is 2. The van der Waals surface area contributed by atoms with Crippen LogP contribution >= 0.6 is 36.9 Å². The van der Waals surface area contributed by atoms with Gasteiger partial charge in [0.25, 0.3) is 0 Å². The van der Waals surface area contributed by atoms with Gasteiger partial charge in [0.1, 0.15) is 5.78 Å². The van der Waals surface area contributed by atoms with Gasteiger partial charge < -0.3 is 23.0 Å². The Balaban J connectivity index is -0.0000000876. The zero-order valence-electron chi connectivity index (χ0n) is 24.1. The van der Waals surface area contributed by atoms with Crippen molar-refractivity contribution in [2.75, 3.05) is 37.7 Å². The molecule has 2 atom stereocenters. The van der Waals surface area contributed by atoms with E-state index < -0.39 is 0 Å². The van der Waals surface area contributed by atoms with Gasteiger partial charge in [-0.05, 0) is 69.1 Å². The quantitative estimate of drug-likeness (QED) is 0.170. The number of unbranched alkanes of at least 4 members (excludes halogenated alkanes) is 2. The van der Waals surface area contributed by atoms with Crippen molar-refractivity contribution in [3.8, 4) is 0 Å². The van der Waals surface area contributed by atoms with E-state index in [1.165, 1.54) is 32.5 Å². The van der Waals surface area contributed by atoms with Crippen LogP contribution in [0.5, 0.6) is 0 Å². The van der Waals surface area contributed by atoms with Crippen molar-refractivity contribution < 1.29 is 27.7 Å². The number of Topliss-reactive ketones (excluding diaryl/α,β-unsaturated/α-hetero) is 1. The summed E-state index contributed by atoms with van der Waals surface area (Å²) in [4.78, 5) is 24.6. The fourth-order valence-electron chi connectivity index (χ4n) is 3.10. The summed E-state index contributed by atoms with van der Waals surface area (Å²) < 4.78 is 0. The SMILES string of the molecule is C.CCCCC(CC)C(=O)CCCS.CCCCC(CC)C(=O)Cl.CCN(CC)CC.[Cl-].[NH3+]CCS. The smallest absolute Gasteiger partial charge is 0.224 e. The fraction of sp³-hybridized carbons (Fsp3) is 0.929. The number of nitrogens with zero attached hydrogens (tertiary/aromatic N) is 1. The van der Waals surface area contributed by atoms with Crippen molar-refractivity contribution in [2.45, 2.75) is 120 Å². The van der Waals surface area contributed by atoms with Crippen LogP contribution in [0.15, 0.2) is 0 Å². The van der Waals surface area contributed by atoms with E-state index in [0.717, 1.165) is 69.4 Å². The Hall–Kier alpha value is 0.540. The number of ketones is 1. The monoisotopic (exact) mass is 594 g/mol. The maximum Gasteiger partial charge on any atom is 0.224 e. The molecule has 36 heavy (non-hydrogen) atoms. The van der Waals surface area contributed by atoms with Gasteiger partial charge in [-0.2, -0.15) is 25.3 Å². The van der Waals surface area contributed by atoms with Gasteiger partial charge in [-0.1, -0.05) is 81.6 Å². The van der Waals surface area contributed by atoms with Crippen LogP contribution in [0.3, 0.4) is 0 Å². The molecule has 0 heterocycles. The highest BCUT2D eigenvalue weighted by molar-refractivity contribution is 7.80. The molecule has 0 aliphatic rings. The Labute approximate surface area is 249 Å².